The number of hydrogen-bond acceptors (Lipinski definition) is 4. The summed E-state index contributed by atoms with van der Waals surface area (Å²) in [6, 6.07) is 3.87. The van der Waals surface area contributed by atoms with Gasteiger partial charge in [-0.15, -0.1) is 0 Å². The molecule has 4 N–H and O–H groups in total. The van der Waals surface area contributed by atoms with Gasteiger partial charge in [0.25, 0.3) is 0 Å². The molecule has 6 heteroatoms. The van der Waals surface area contributed by atoms with Gasteiger partial charge in [0.15, 0.2) is 0 Å². The molecule has 0 amide bonds. The lowest BCUT2D eigenvalue weighted by Gasteiger charge is -2.27. The van der Waals surface area contributed by atoms with Crippen molar-refractivity contribution in [3.63, 3.8) is 0 Å². The Balaban J connectivity index is 2.25. The monoisotopic (exact) mass is 284 g/mol. The molecule has 5 nitrogen and oxygen atoms in total. The van der Waals surface area contributed by atoms with Crippen LogP contribution >= 0.6 is 0 Å². The first-order valence-electron chi connectivity index (χ1n) is 6.33. The van der Waals surface area contributed by atoms with Crippen molar-refractivity contribution >= 4 is 15.7 Å². The highest BCUT2D eigenvalue weighted by molar-refractivity contribution is 7.89. The van der Waals surface area contributed by atoms with Crippen molar-refractivity contribution in [1.82, 2.24) is 4.72 Å². The van der Waals surface area contributed by atoms with Crippen molar-refractivity contribution < 1.29 is 13.5 Å². The van der Waals surface area contributed by atoms with E-state index >= 15 is 0 Å². The number of nitrogens with two attached hydrogens (primary N) is 1. The van der Waals surface area contributed by atoms with Crippen LogP contribution in [-0.2, 0) is 10.0 Å². The molecule has 1 fully saturated rings. The summed E-state index contributed by atoms with van der Waals surface area (Å²) < 4.78 is 27.3. The molecule has 1 aromatic rings. The van der Waals surface area contributed by atoms with Gasteiger partial charge in [0.05, 0.1) is 10.6 Å². The van der Waals surface area contributed by atoms with Crippen LogP contribution in [0.5, 0.6) is 5.75 Å². The molecule has 0 bridgehead atoms. The largest absolute Gasteiger partial charge is 0.506 e. The van der Waals surface area contributed by atoms with E-state index in [0.29, 0.717) is 0 Å². The number of aromatic hydroxyl groups is 1. The molecule has 1 aliphatic rings. The summed E-state index contributed by atoms with van der Waals surface area (Å²) in [7, 11) is -3.60. The Morgan fingerprint density at radius 2 is 2.11 bits per heavy atom. The lowest BCUT2D eigenvalue weighted by molar-refractivity contribution is 0.313. The Kier molecular flexibility index (Phi) is 3.49. The molecule has 1 atom stereocenters. The third-order valence-electron chi connectivity index (χ3n) is 3.86. The van der Waals surface area contributed by atoms with Crippen LogP contribution in [0.4, 0.5) is 5.69 Å². The van der Waals surface area contributed by atoms with E-state index in [9.17, 15) is 13.5 Å². The highest BCUT2D eigenvalue weighted by Crippen LogP contribution is 2.38. The number of sulfonamides is 1. The van der Waals surface area contributed by atoms with Crippen LogP contribution in [0.1, 0.15) is 33.1 Å². The van der Waals surface area contributed by atoms with Crippen LogP contribution < -0.4 is 10.5 Å². The normalized spacial score (nSPS) is 22.5. The van der Waals surface area contributed by atoms with E-state index in [4.69, 9.17) is 5.73 Å². The smallest absolute Gasteiger partial charge is 0.240 e. The standard InChI is InChI=1S/C13H20N2O3S/c1-13(2)7-3-4-12(13)15-19(17,18)9-5-6-11(16)10(14)8-9/h5-6,8,12,15-16H,3-4,7,14H2,1-2H3. The minimum absolute atomic E-state index is 0.0322. The maximum atomic E-state index is 12.3. The zero-order valence-electron chi connectivity index (χ0n) is 11.2. The summed E-state index contributed by atoms with van der Waals surface area (Å²) in [6.45, 7) is 4.14. The topological polar surface area (TPSA) is 92.4 Å². The van der Waals surface area contributed by atoms with Crippen LogP contribution in [0.25, 0.3) is 0 Å². The number of anilines is 1. The average Bonchev–Trinajstić information content (AvgIpc) is 2.61. The lowest BCUT2D eigenvalue weighted by Crippen LogP contribution is -2.41. The Morgan fingerprint density at radius 3 is 2.63 bits per heavy atom. The first kappa shape index (κ1) is 14.1. The first-order chi connectivity index (χ1) is 8.72. The number of nitrogen functional groups attached to an aromatic ring is 1. The van der Waals surface area contributed by atoms with Crippen molar-refractivity contribution in [2.45, 2.75) is 44.0 Å². The fourth-order valence-electron chi connectivity index (χ4n) is 2.50. The molecule has 0 radical (unpaired) electrons. The number of phenols is 1. The second kappa shape index (κ2) is 4.68. The Labute approximate surface area is 113 Å². The lowest BCUT2D eigenvalue weighted by atomic mass is 9.88. The Morgan fingerprint density at radius 1 is 1.42 bits per heavy atom. The molecule has 0 aromatic heterocycles. The quantitative estimate of drug-likeness (QED) is 0.583. The van der Waals surface area contributed by atoms with E-state index in [1.54, 1.807) is 0 Å². The molecule has 1 aromatic carbocycles. The fourth-order valence-corrected chi connectivity index (χ4v) is 3.98. The third kappa shape index (κ3) is 2.84. The summed E-state index contributed by atoms with van der Waals surface area (Å²) >= 11 is 0. The summed E-state index contributed by atoms with van der Waals surface area (Å²) in [5.41, 5.74) is 5.57. The maximum Gasteiger partial charge on any atom is 0.240 e. The summed E-state index contributed by atoms with van der Waals surface area (Å²) in [5, 5.41) is 9.34. The van der Waals surface area contributed by atoms with Crippen molar-refractivity contribution in [2.24, 2.45) is 5.41 Å². The minimum Gasteiger partial charge on any atom is -0.506 e. The summed E-state index contributed by atoms with van der Waals surface area (Å²) in [4.78, 5) is 0.0884. The van der Waals surface area contributed by atoms with E-state index in [1.165, 1.54) is 18.2 Å². The number of benzene rings is 1. The predicted molar refractivity (Wildman–Crippen MR) is 74.3 cm³/mol. The predicted octanol–water partition coefficient (Wildman–Crippen LogP) is 1.83. The van der Waals surface area contributed by atoms with Gasteiger partial charge in [0, 0.05) is 6.04 Å². The third-order valence-corrected chi connectivity index (χ3v) is 5.33. The zero-order chi connectivity index (χ0) is 14.3. The number of phenolic OH excluding ortho intramolecular Hbond substituents is 1. The van der Waals surface area contributed by atoms with Gasteiger partial charge in [-0.2, -0.15) is 0 Å². The van der Waals surface area contributed by atoms with Crippen LogP contribution in [0, 0.1) is 5.41 Å². The van der Waals surface area contributed by atoms with E-state index in [-0.39, 0.29) is 27.8 Å². The molecular formula is C13H20N2O3S. The molecule has 0 saturated heterocycles. The second-order valence-electron chi connectivity index (χ2n) is 5.78. The fraction of sp³-hybridized carbons (Fsp3) is 0.538. The average molecular weight is 284 g/mol. The molecule has 19 heavy (non-hydrogen) atoms. The molecule has 0 aliphatic heterocycles. The summed E-state index contributed by atoms with van der Waals surface area (Å²) in [5.74, 6) is -0.111. The molecule has 106 valence electrons. The van der Waals surface area contributed by atoms with Gasteiger partial charge in [-0.05, 0) is 36.5 Å². The van der Waals surface area contributed by atoms with Crippen LogP contribution in [0.2, 0.25) is 0 Å². The van der Waals surface area contributed by atoms with Gasteiger partial charge in [0.1, 0.15) is 5.75 Å². The number of hydrogen-bond donors (Lipinski definition) is 3. The number of nitrogens with one attached hydrogen (secondary N) is 1. The van der Waals surface area contributed by atoms with E-state index in [0.717, 1.165) is 19.3 Å². The highest BCUT2D eigenvalue weighted by Gasteiger charge is 2.37. The number of rotatable bonds is 3. The van der Waals surface area contributed by atoms with Crippen molar-refractivity contribution in [1.29, 1.82) is 0 Å². The van der Waals surface area contributed by atoms with Crippen molar-refractivity contribution in [2.75, 3.05) is 5.73 Å². The molecule has 1 aliphatic carbocycles. The molecule has 0 heterocycles. The maximum absolute atomic E-state index is 12.3. The Bertz CT molecular complexity index is 582. The first-order valence-corrected chi connectivity index (χ1v) is 7.81. The Hall–Kier alpha value is -1.27. The van der Waals surface area contributed by atoms with E-state index in [2.05, 4.69) is 18.6 Å². The van der Waals surface area contributed by atoms with Crippen LogP contribution in [0.15, 0.2) is 23.1 Å². The van der Waals surface area contributed by atoms with Crippen molar-refractivity contribution in [3.05, 3.63) is 18.2 Å². The van der Waals surface area contributed by atoms with Gasteiger partial charge in [-0.3, -0.25) is 0 Å². The second-order valence-corrected chi connectivity index (χ2v) is 7.49. The van der Waals surface area contributed by atoms with E-state index < -0.39 is 10.0 Å². The minimum atomic E-state index is -3.60. The molecule has 2 rings (SSSR count). The summed E-state index contributed by atoms with van der Waals surface area (Å²) in [6.07, 6.45) is 2.88. The highest BCUT2D eigenvalue weighted by atomic mass is 32.2. The molecular weight excluding hydrogens is 264 g/mol. The van der Waals surface area contributed by atoms with Gasteiger partial charge < -0.3 is 10.8 Å². The van der Waals surface area contributed by atoms with Gasteiger partial charge >= 0.3 is 0 Å². The van der Waals surface area contributed by atoms with Crippen LogP contribution in [0.3, 0.4) is 0 Å². The SMILES string of the molecule is CC1(C)CCCC1NS(=O)(=O)c1ccc(O)c(N)c1. The van der Waals surface area contributed by atoms with Gasteiger partial charge in [0.2, 0.25) is 10.0 Å². The van der Waals surface area contributed by atoms with Gasteiger partial charge in [-0.25, -0.2) is 13.1 Å². The molecule has 0 spiro atoms. The van der Waals surface area contributed by atoms with Crippen molar-refractivity contribution in [3.8, 4) is 5.75 Å². The van der Waals surface area contributed by atoms with E-state index in [1.807, 2.05) is 0 Å². The van der Waals surface area contributed by atoms with Gasteiger partial charge in [-0.1, -0.05) is 20.3 Å². The molecule has 1 saturated carbocycles. The molecule has 1 unspecified atom stereocenters. The zero-order valence-corrected chi connectivity index (χ0v) is 12.0. The van der Waals surface area contributed by atoms with Crippen LogP contribution in [-0.4, -0.2) is 19.6 Å².